The Balaban J connectivity index is 2.12. The lowest BCUT2D eigenvalue weighted by Gasteiger charge is -2.32. The number of aliphatic imine (C=N–C) groups is 1. The molecular formula is C17H26BNO2. The third-order valence-electron chi connectivity index (χ3n) is 4.06. The predicted octanol–water partition coefficient (Wildman–Crippen LogP) is 3.20. The fourth-order valence-corrected chi connectivity index (χ4v) is 1.99. The summed E-state index contributed by atoms with van der Waals surface area (Å²) in [6.07, 6.45) is 1.91. The fourth-order valence-electron chi connectivity index (χ4n) is 1.99. The first kappa shape index (κ1) is 16.2. The van der Waals surface area contributed by atoms with Crippen molar-refractivity contribution >= 4 is 18.8 Å². The van der Waals surface area contributed by atoms with E-state index in [-0.39, 0.29) is 23.9 Å². The molecule has 0 bridgehead atoms. The quantitative estimate of drug-likeness (QED) is 0.618. The molecule has 0 unspecified atom stereocenters. The summed E-state index contributed by atoms with van der Waals surface area (Å²) in [7, 11) is -0.302. The molecule has 0 spiro atoms. The van der Waals surface area contributed by atoms with Gasteiger partial charge >= 0.3 is 7.12 Å². The second-order valence-corrected chi connectivity index (χ2v) is 7.68. The van der Waals surface area contributed by atoms with Gasteiger partial charge in [-0.15, -0.1) is 0 Å². The molecule has 0 atom stereocenters. The summed E-state index contributed by atoms with van der Waals surface area (Å²) >= 11 is 0. The third kappa shape index (κ3) is 3.75. The van der Waals surface area contributed by atoms with E-state index in [1.165, 1.54) is 0 Å². The lowest BCUT2D eigenvalue weighted by atomic mass is 9.79. The average Bonchev–Trinajstić information content (AvgIpc) is 2.56. The summed E-state index contributed by atoms with van der Waals surface area (Å²) in [4.78, 5) is 4.51. The Morgan fingerprint density at radius 2 is 1.43 bits per heavy atom. The van der Waals surface area contributed by atoms with Gasteiger partial charge in [-0.25, -0.2) is 0 Å². The smallest absolute Gasteiger partial charge is 0.399 e. The Kier molecular flexibility index (Phi) is 4.07. The SMILES string of the molecule is CC(C)(C)N=Cc1ccc(B2OC(C)(C)C(C)(C)O2)cc1. The molecule has 0 saturated carbocycles. The summed E-state index contributed by atoms with van der Waals surface area (Å²) in [5.41, 5.74) is 1.48. The molecule has 1 heterocycles. The maximum Gasteiger partial charge on any atom is 0.494 e. The molecule has 1 fully saturated rings. The molecule has 2 rings (SSSR count). The van der Waals surface area contributed by atoms with Crippen LogP contribution in [0.4, 0.5) is 0 Å². The van der Waals surface area contributed by atoms with Gasteiger partial charge in [-0.1, -0.05) is 24.3 Å². The summed E-state index contributed by atoms with van der Waals surface area (Å²) in [5.74, 6) is 0. The minimum Gasteiger partial charge on any atom is -0.399 e. The van der Waals surface area contributed by atoms with E-state index < -0.39 is 0 Å². The molecule has 0 amide bonds. The van der Waals surface area contributed by atoms with Gasteiger partial charge in [0.1, 0.15) is 0 Å². The van der Waals surface area contributed by atoms with Crippen LogP contribution in [0.15, 0.2) is 29.3 Å². The van der Waals surface area contributed by atoms with E-state index in [0.717, 1.165) is 11.0 Å². The van der Waals surface area contributed by atoms with Crippen molar-refractivity contribution in [2.45, 2.75) is 65.2 Å². The zero-order valence-corrected chi connectivity index (χ0v) is 14.2. The highest BCUT2D eigenvalue weighted by Gasteiger charge is 2.51. The van der Waals surface area contributed by atoms with Crippen molar-refractivity contribution in [1.82, 2.24) is 0 Å². The van der Waals surface area contributed by atoms with E-state index in [1.807, 2.05) is 18.3 Å². The van der Waals surface area contributed by atoms with Gasteiger partial charge in [0.15, 0.2) is 0 Å². The predicted molar refractivity (Wildman–Crippen MR) is 89.5 cm³/mol. The lowest BCUT2D eigenvalue weighted by molar-refractivity contribution is 0.00578. The first-order valence-electron chi connectivity index (χ1n) is 7.51. The Labute approximate surface area is 128 Å². The Hall–Kier alpha value is -1.13. The molecule has 0 aliphatic carbocycles. The molecule has 1 aliphatic rings. The van der Waals surface area contributed by atoms with Crippen LogP contribution in [-0.2, 0) is 9.31 Å². The number of nitrogens with zero attached hydrogens (tertiary/aromatic N) is 1. The van der Waals surface area contributed by atoms with Crippen LogP contribution in [0.25, 0.3) is 0 Å². The van der Waals surface area contributed by atoms with E-state index in [1.54, 1.807) is 0 Å². The number of rotatable bonds is 2. The van der Waals surface area contributed by atoms with Crippen molar-refractivity contribution in [1.29, 1.82) is 0 Å². The minimum absolute atomic E-state index is 0.0512. The van der Waals surface area contributed by atoms with Crippen molar-refractivity contribution in [2.24, 2.45) is 4.99 Å². The molecule has 4 heteroatoms. The van der Waals surface area contributed by atoms with Crippen LogP contribution < -0.4 is 5.46 Å². The fraction of sp³-hybridized carbons (Fsp3) is 0.588. The summed E-state index contributed by atoms with van der Waals surface area (Å²) in [5, 5.41) is 0. The third-order valence-corrected chi connectivity index (χ3v) is 4.06. The minimum atomic E-state index is -0.302. The van der Waals surface area contributed by atoms with E-state index in [0.29, 0.717) is 0 Å². The Morgan fingerprint density at radius 1 is 0.952 bits per heavy atom. The van der Waals surface area contributed by atoms with Gasteiger partial charge in [0, 0.05) is 6.21 Å². The molecule has 0 radical (unpaired) electrons. The van der Waals surface area contributed by atoms with Gasteiger partial charge in [-0.2, -0.15) is 0 Å². The van der Waals surface area contributed by atoms with Crippen molar-refractivity contribution in [3.8, 4) is 0 Å². The standard InChI is InChI=1S/C17H26BNO2/c1-15(2,3)19-12-13-8-10-14(11-9-13)18-20-16(4,5)17(6,7)21-18/h8-12H,1-7H3. The van der Waals surface area contributed by atoms with Crippen LogP contribution in [0.2, 0.25) is 0 Å². The highest BCUT2D eigenvalue weighted by atomic mass is 16.7. The molecule has 21 heavy (non-hydrogen) atoms. The first-order valence-corrected chi connectivity index (χ1v) is 7.51. The molecular weight excluding hydrogens is 261 g/mol. The van der Waals surface area contributed by atoms with Gasteiger partial charge in [0.2, 0.25) is 0 Å². The van der Waals surface area contributed by atoms with E-state index in [9.17, 15) is 0 Å². The van der Waals surface area contributed by atoms with Gasteiger partial charge in [0.05, 0.1) is 16.7 Å². The van der Waals surface area contributed by atoms with Crippen molar-refractivity contribution in [3.63, 3.8) is 0 Å². The zero-order valence-electron chi connectivity index (χ0n) is 14.2. The zero-order chi connectivity index (χ0) is 15.9. The Morgan fingerprint density at radius 3 is 1.86 bits per heavy atom. The number of hydrogen-bond acceptors (Lipinski definition) is 3. The highest BCUT2D eigenvalue weighted by Crippen LogP contribution is 2.36. The van der Waals surface area contributed by atoms with Crippen LogP contribution in [0.3, 0.4) is 0 Å². The highest BCUT2D eigenvalue weighted by molar-refractivity contribution is 6.62. The topological polar surface area (TPSA) is 30.8 Å². The second kappa shape index (κ2) is 5.26. The lowest BCUT2D eigenvalue weighted by Crippen LogP contribution is -2.41. The maximum atomic E-state index is 6.05. The van der Waals surface area contributed by atoms with Crippen LogP contribution >= 0.6 is 0 Å². The summed E-state index contributed by atoms with van der Waals surface area (Å²) in [6, 6.07) is 8.20. The molecule has 1 saturated heterocycles. The number of hydrogen-bond donors (Lipinski definition) is 0. The van der Waals surface area contributed by atoms with Crippen molar-refractivity contribution < 1.29 is 9.31 Å². The molecule has 3 nitrogen and oxygen atoms in total. The van der Waals surface area contributed by atoms with Crippen LogP contribution in [0.5, 0.6) is 0 Å². The largest absolute Gasteiger partial charge is 0.494 e. The summed E-state index contributed by atoms with van der Waals surface area (Å²) < 4.78 is 12.1. The van der Waals surface area contributed by atoms with Crippen molar-refractivity contribution in [3.05, 3.63) is 29.8 Å². The molecule has 1 aromatic rings. The van der Waals surface area contributed by atoms with Gasteiger partial charge in [-0.05, 0) is 59.5 Å². The normalized spacial score (nSPS) is 21.2. The molecule has 1 aromatic carbocycles. The average molecular weight is 287 g/mol. The van der Waals surface area contributed by atoms with E-state index >= 15 is 0 Å². The van der Waals surface area contributed by atoms with Crippen LogP contribution in [0, 0.1) is 0 Å². The molecule has 114 valence electrons. The summed E-state index contributed by atoms with van der Waals surface area (Å²) in [6.45, 7) is 14.5. The maximum absolute atomic E-state index is 6.05. The second-order valence-electron chi connectivity index (χ2n) is 7.68. The van der Waals surface area contributed by atoms with Crippen LogP contribution in [0.1, 0.15) is 54.0 Å². The Bertz CT molecular complexity index is 511. The monoisotopic (exact) mass is 287 g/mol. The molecule has 1 aliphatic heterocycles. The van der Waals surface area contributed by atoms with Gasteiger partial charge < -0.3 is 9.31 Å². The number of benzene rings is 1. The first-order chi connectivity index (χ1) is 9.50. The van der Waals surface area contributed by atoms with Crippen molar-refractivity contribution in [2.75, 3.05) is 0 Å². The van der Waals surface area contributed by atoms with Gasteiger partial charge in [0.25, 0.3) is 0 Å². The van der Waals surface area contributed by atoms with Gasteiger partial charge in [-0.3, -0.25) is 4.99 Å². The van der Waals surface area contributed by atoms with E-state index in [2.05, 4.69) is 65.6 Å². The molecule has 0 N–H and O–H groups in total. The molecule has 0 aromatic heterocycles. The van der Waals surface area contributed by atoms with Crippen LogP contribution in [-0.4, -0.2) is 30.1 Å². The van der Waals surface area contributed by atoms with E-state index in [4.69, 9.17) is 9.31 Å².